The van der Waals surface area contributed by atoms with Crippen molar-refractivity contribution in [1.82, 2.24) is 20.0 Å². The first kappa shape index (κ1) is 20.3. The highest BCUT2D eigenvalue weighted by Crippen LogP contribution is 2.24. The molecule has 3 rings (SSSR count). The van der Waals surface area contributed by atoms with Crippen LogP contribution >= 0.6 is 0 Å². The monoisotopic (exact) mass is 396 g/mol. The van der Waals surface area contributed by atoms with Crippen LogP contribution in [0.25, 0.3) is 0 Å². The van der Waals surface area contributed by atoms with Crippen molar-refractivity contribution in [1.29, 1.82) is 0 Å². The van der Waals surface area contributed by atoms with Crippen molar-refractivity contribution < 1.29 is 14.1 Å². The van der Waals surface area contributed by atoms with Crippen LogP contribution in [0.5, 0.6) is 5.75 Å². The predicted molar refractivity (Wildman–Crippen MR) is 107 cm³/mol. The van der Waals surface area contributed by atoms with Crippen LogP contribution in [0.4, 0.5) is 0 Å². The molecule has 0 saturated carbocycles. The fraction of sp³-hybridized carbons (Fsp3) is 0.333. The average Bonchev–Trinajstić information content (AvgIpc) is 3.18. The first-order valence-corrected chi connectivity index (χ1v) is 9.20. The normalized spacial score (nSPS) is 11.3. The molecule has 2 aromatic heterocycles. The number of benzene rings is 1. The fourth-order valence-corrected chi connectivity index (χ4v) is 2.70. The van der Waals surface area contributed by atoms with Crippen molar-refractivity contribution in [3.05, 3.63) is 75.8 Å². The van der Waals surface area contributed by atoms with Crippen LogP contribution in [0.3, 0.4) is 0 Å². The molecule has 0 unspecified atom stereocenters. The standard InChI is InChI=1S/C21H24N4O4/c1-21(2,3)14-5-7-15(8-6-14)28-13-18-22-11-17(19(26)24-18)20(27)25(4)12-16-9-10-23-29-16/h5-11H,12-13H2,1-4H3,(H,22,24,26). The quantitative estimate of drug-likeness (QED) is 0.687. The van der Waals surface area contributed by atoms with Crippen LogP contribution in [0.1, 0.15) is 48.3 Å². The summed E-state index contributed by atoms with van der Waals surface area (Å²) in [5.74, 6) is 1.07. The summed E-state index contributed by atoms with van der Waals surface area (Å²) < 4.78 is 10.7. The van der Waals surface area contributed by atoms with E-state index in [1.807, 2.05) is 24.3 Å². The Hall–Kier alpha value is -3.42. The van der Waals surface area contributed by atoms with Crippen molar-refractivity contribution in [2.75, 3.05) is 7.05 Å². The van der Waals surface area contributed by atoms with Crippen LogP contribution in [0.15, 0.2) is 52.0 Å². The Labute approximate surface area is 168 Å². The summed E-state index contributed by atoms with van der Waals surface area (Å²) in [4.78, 5) is 32.9. The highest BCUT2D eigenvalue weighted by molar-refractivity contribution is 5.93. The minimum Gasteiger partial charge on any atom is -0.486 e. The number of carbonyl (C=O) groups excluding carboxylic acids is 1. The molecule has 2 heterocycles. The van der Waals surface area contributed by atoms with Gasteiger partial charge in [0.2, 0.25) is 0 Å². The lowest BCUT2D eigenvalue weighted by atomic mass is 9.87. The molecule has 152 valence electrons. The maximum absolute atomic E-state index is 12.5. The molecule has 29 heavy (non-hydrogen) atoms. The third-order valence-electron chi connectivity index (χ3n) is 4.41. The van der Waals surface area contributed by atoms with E-state index in [0.717, 1.165) is 0 Å². The molecule has 0 aliphatic carbocycles. The molecular formula is C21H24N4O4. The van der Waals surface area contributed by atoms with Gasteiger partial charge in [0.05, 0.1) is 12.7 Å². The zero-order valence-corrected chi connectivity index (χ0v) is 16.9. The Balaban J connectivity index is 1.63. The molecule has 0 aliphatic heterocycles. The molecule has 0 atom stereocenters. The molecule has 8 heteroatoms. The lowest BCUT2D eigenvalue weighted by Crippen LogP contribution is -2.32. The summed E-state index contributed by atoms with van der Waals surface area (Å²) in [6, 6.07) is 9.44. The van der Waals surface area contributed by atoms with Crippen LogP contribution in [-0.4, -0.2) is 33.0 Å². The van der Waals surface area contributed by atoms with E-state index in [4.69, 9.17) is 9.26 Å². The second-order valence-corrected chi connectivity index (χ2v) is 7.78. The van der Waals surface area contributed by atoms with E-state index >= 15 is 0 Å². The number of aromatic amines is 1. The van der Waals surface area contributed by atoms with Gasteiger partial charge in [0, 0.05) is 19.3 Å². The summed E-state index contributed by atoms with van der Waals surface area (Å²) in [5, 5.41) is 3.59. The summed E-state index contributed by atoms with van der Waals surface area (Å²) in [7, 11) is 1.57. The molecule has 1 amide bonds. The van der Waals surface area contributed by atoms with E-state index in [-0.39, 0.29) is 24.1 Å². The average molecular weight is 396 g/mol. The summed E-state index contributed by atoms with van der Waals surface area (Å²) in [6.07, 6.45) is 2.76. The van der Waals surface area contributed by atoms with Gasteiger partial charge in [0.1, 0.15) is 23.7 Å². The van der Waals surface area contributed by atoms with Crippen molar-refractivity contribution in [3.63, 3.8) is 0 Å². The van der Waals surface area contributed by atoms with E-state index < -0.39 is 11.5 Å². The molecule has 0 radical (unpaired) electrons. The maximum atomic E-state index is 12.5. The van der Waals surface area contributed by atoms with E-state index in [1.165, 1.54) is 22.9 Å². The Bertz CT molecular complexity index is 1020. The largest absolute Gasteiger partial charge is 0.486 e. The van der Waals surface area contributed by atoms with Gasteiger partial charge in [0.15, 0.2) is 5.76 Å². The van der Waals surface area contributed by atoms with E-state index in [9.17, 15) is 9.59 Å². The van der Waals surface area contributed by atoms with Crippen LogP contribution in [0, 0.1) is 0 Å². The van der Waals surface area contributed by atoms with E-state index in [1.54, 1.807) is 13.1 Å². The first-order chi connectivity index (χ1) is 13.7. The lowest BCUT2D eigenvalue weighted by Gasteiger charge is -2.19. The minimum atomic E-state index is -0.517. The molecule has 0 fully saturated rings. The number of ether oxygens (including phenoxy) is 1. The number of nitrogens with one attached hydrogen (secondary N) is 1. The van der Waals surface area contributed by atoms with Gasteiger partial charge >= 0.3 is 0 Å². The fourth-order valence-electron chi connectivity index (χ4n) is 2.70. The lowest BCUT2D eigenvalue weighted by molar-refractivity contribution is 0.0769. The van der Waals surface area contributed by atoms with Gasteiger partial charge in [-0.25, -0.2) is 4.98 Å². The molecule has 0 aliphatic rings. The summed E-state index contributed by atoms with van der Waals surface area (Å²) in [6.45, 7) is 6.72. The van der Waals surface area contributed by atoms with Crippen molar-refractivity contribution in [2.24, 2.45) is 0 Å². The number of rotatable bonds is 6. The topological polar surface area (TPSA) is 101 Å². The second-order valence-electron chi connectivity index (χ2n) is 7.78. The Kier molecular flexibility index (Phi) is 5.81. The summed E-state index contributed by atoms with van der Waals surface area (Å²) >= 11 is 0. The number of amides is 1. The number of H-pyrrole nitrogens is 1. The molecule has 1 N–H and O–H groups in total. The molecule has 0 bridgehead atoms. The Morgan fingerprint density at radius 2 is 1.93 bits per heavy atom. The maximum Gasteiger partial charge on any atom is 0.263 e. The van der Waals surface area contributed by atoms with Crippen LogP contribution < -0.4 is 10.3 Å². The number of carbonyl (C=O) groups is 1. The van der Waals surface area contributed by atoms with E-state index in [2.05, 4.69) is 35.9 Å². The van der Waals surface area contributed by atoms with Gasteiger partial charge in [0.25, 0.3) is 11.5 Å². The van der Waals surface area contributed by atoms with Crippen molar-refractivity contribution in [3.8, 4) is 5.75 Å². The Morgan fingerprint density at radius 1 is 1.21 bits per heavy atom. The minimum absolute atomic E-state index is 0.0507. The number of hydrogen-bond donors (Lipinski definition) is 1. The molecular weight excluding hydrogens is 372 g/mol. The van der Waals surface area contributed by atoms with Gasteiger partial charge < -0.3 is 19.1 Å². The summed E-state index contributed by atoms with van der Waals surface area (Å²) in [5.41, 5.74) is 0.698. The van der Waals surface area contributed by atoms with Gasteiger partial charge in [-0.1, -0.05) is 38.1 Å². The molecule has 8 nitrogen and oxygen atoms in total. The molecule has 3 aromatic rings. The van der Waals surface area contributed by atoms with Crippen molar-refractivity contribution >= 4 is 5.91 Å². The van der Waals surface area contributed by atoms with Gasteiger partial charge in [-0.15, -0.1) is 0 Å². The third-order valence-corrected chi connectivity index (χ3v) is 4.41. The third kappa shape index (κ3) is 5.10. The van der Waals surface area contributed by atoms with E-state index in [0.29, 0.717) is 17.3 Å². The molecule has 0 saturated heterocycles. The van der Waals surface area contributed by atoms with Gasteiger partial charge in [-0.3, -0.25) is 9.59 Å². The van der Waals surface area contributed by atoms with Gasteiger partial charge in [-0.2, -0.15) is 0 Å². The molecule has 0 spiro atoms. The zero-order chi connectivity index (χ0) is 21.0. The SMILES string of the molecule is CN(Cc1ccno1)C(=O)c1cnc(COc2ccc(C(C)(C)C)cc2)[nH]c1=O. The number of aromatic nitrogens is 3. The number of nitrogens with zero attached hydrogens (tertiary/aromatic N) is 3. The van der Waals surface area contributed by atoms with Gasteiger partial charge in [-0.05, 0) is 23.1 Å². The second kappa shape index (κ2) is 8.30. The van der Waals surface area contributed by atoms with Crippen LogP contribution in [-0.2, 0) is 18.6 Å². The van der Waals surface area contributed by atoms with Crippen LogP contribution in [0.2, 0.25) is 0 Å². The highest BCUT2D eigenvalue weighted by atomic mass is 16.5. The smallest absolute Gasteiger partial charge is 0.263 e. The predicted octanol–water partition coefficient (Wildman–Crippen LogP) is 2.91. The number of hydrogen-bond acceptors (Lipinski definition) is 6. The molecule has 1 aromatic carbocycles. The van der Waals surface area contributed by atoms with Crippen molar-refractivity contribution in [2.45, 2.75) is 39.3 Å². The zero-order valence-electron chi connectivity index (χ0n) is 16.9. The first-order valence-electron chi connectivity index (χ1n) is 9.20. The Morgan fingerprint density at radius 3 is 2.52 bits per heavy atom. The highest BCUT2D eigenvalue weighted by Gasteiger charge is 2.18.